The summed E-state index contributed by atoms with van der Waals surface area (Å²) in [7, 11) is -0.746. The molecule has 7 nitrogen and oxygen atoms in total. The maximum Gasteiger partial charge on any atom is 0.319 e. The summed E-state index contributed by atoms with van der Waals surface area (Å²) in [6, 6.07) is 7.83. The van der Waals surface area contributed by atoms with Gasteiger partial charge in [0, 0.05) is 26.3 Å². The molecule has 0 fully saturated rings. The molecular formula is C17H19F2N3O4S. The van der Waals surface area contributed by atoms with Crippen molar-refractivity contribution in [3.63, 3.8) is 0 Å². The monoisotopic (exact) mass is 399 g/mol. The summed E-state index contributed by atoms with van der Waals surface area (Å²) in [6.45, 7) is -0.232. The Morgan fingerprint density at radius 2 is 1.74 bits per heavy atom. The van der Waals surface area contributed by atoms with E-state index in [-0.39, 0.29) is 17.0 Å². The lowest BCUT2D eigenvalue weighted by atomic mass is 10.1. The van der Waals surface area contributed by atoms with Crippen LogP contribution in [0.4, 0.5) is 19.3 Å². The van der Waals surface area contributed by atoms with Crippen LogP contribution < -0.4 is 10.6 Å². The van der Waals surface area contributed by atoms with Crippen LogP contribution in [0.1, 0.15) is 11.7 Å². The maximum absolute atomic E-state index is 13.2. The number of carbonyl (C=O) groups is 1. The molecule has 0 saturated carbocycles. The van der Waals surface area contributed by atoms with Gasteiger partial charge in [0.2, 0.25) is 10.0 Å². The Morgan fingerprint density at radius 1 is 1.11 bits per heavy atom. The number of hydrogen-bond acceptors (Lipinski definition) is 4. The van der Waals surface area contributed by atoms with Crippen LogP contribution in [0, 0.1) is 11.6 Å². The average Bonchev–Trinajstić information content (AvgIpc) is 2.62. The van der Waals surface area contributed by atoms with Crippen molar-refractivity contribution in [1.29, 1.82) is 0 Å². The molecule has 0 aliphatic carbocycles. The molecule has 0 aromatic heterocycles. The lowest BCUT2D eigenvalue weighted by Gasteiger charge is -2.14. The highest BCUT2D eigenvalue weighted by atomic mass is 32.2. The molecule has 146 valence electrons. The molecule has 0 saturated heterocycles. The molecule has 3 N–H and O–H groups in total. The molecule has 0 bridgehead atoms. The van der Waals surface area contributed by atoms with Crippen LogP contribution in [-0.2, 0) is 10.0 Å². The van der Waals surface area contributed by atoms with Crippen molar-refractivity contribution in [2.24, 2.45) is 0 Å². The minimum Gasteiger partial charge on any atom is -0.387 e. The van der Waals surface area contributed by atoms with Crippen LogP contribution in [0.3, 0.4) is 0 Å². The zero-order valence-corrected chi connectivity index (χ0v) is 15.4. The van der Waals surface area contributed by atoms with E-state index in [0.29, 0.717) is 5.69 Å². The predicted molar refractivity (Wildman–Crippen MR) is 95.7 cm³/mol. The van der Waals surface area contributed by atoms with Gasteiger partial charge < -0.3 is 15.7 Å². The van der Waals surface area contributed by atoms with Crippen molar-refractivity contribution in [3.8, 4) is 0 Å². The minimum atomic E-state index is -3.57. The highest BCUT2D eigenvalue weighted by Gasteiger charge is 2.17. The van der Waals surface area contributed by atoms with Gasteiger partial charge >= 0.3 is 6.03 Å². The van der Waals surface area contributed by atoms with Crippen LogP contribution in [0.5, 0.6) is 0 Å². The van der Waals surface area contributed by atoms with E-state index in [1.807, 2.05) is 0 Å². The fourth-order valence-electron chi connectivity index (χ4n) is 2.12. The van der Waals surface area contributed by atoms with E-state index in [2.05, 4.69) is 10.6 Å². The first-order valence-corrected chi connectivity index (χ1v) is 9.25. The number of nitrogens with one attached hydrogen (secondary N) is 2. The number of aliphatic hydroxyl groups excluding tert-OH is 1. The molecule has 0 spiro atoms. The third-order valence-electron chi connectivity index (χ3n) is 3.68. The number of sulfonamides is 1. The van der Waals surface area contributed by atoms with Crippen molar-refractivity contribution >= 4 is 21.7 Å². The first-order valence-electron chi connectivity index (χ1n) is 7.81. The molecule has 0 aliphatic heterocycles. The fraction of sp³-hybridized carbons (Fsp3) is 0.235. The lowest BCUT2D eigenvalue weighted by molar-refractivity contribution is 0.174. The molecule has 27 heavy (non-hydrogen) atoms. The number of halogens is 2. The Morgan fingerprint density at radius 3 is 2.30 bits per heavy atom. The number of nitrogens with zero attached hydrogens (tertiary/aromatic N) is 1. The number of aliphatic hydroxyl groups is 1. The Hall–Kier alpha value is -2.56. The highest BCUT2D eigenvalue weighted by molar-refractivity contribution is 7.89. The van der Waals surface area contributed by atoms with E-state index in [1.54, 1.807) is 0 Å². The van der Waals surface area contributed by atoms with Crippen molar-refractivity contribution in [2.45, 2.75) is 11.0 Å². The Labute approximate surface area is 155 Å². The van der Waals surface area contributed by atoms with Crippen molar-refractivity contribution < 1.29 is 27.1 Å². The van der Waals surface area contributed by atoms with E-state index < -0.39 is 33.8 Å². The molecule has 0 radical (unpaired) electrons. The number of carbonyl (C=O) groups excluding carboxylic acids is 1. The van der Waals surface area contributed by atoms with Crippen molar-refractivity contribution in [3.05, 3.63) is 59.7 Å². The Bertz CT molecular complexity index is 918. The van der Waals surface area contributed by atoms with Crippen LogP contribution in [0.15, 0.2) is 47.4 Å². The summed E-state index contributed by atoms with van der Waals surface area (Å²) in [6.07, 6.45) is -1.22. The van der Waals surface area contributed by atoms with Gasteiger partial charge in [-0.05, 0) is 42.0 Å². The average molecular weight is 399 g/mol. The molecule has 0 aliphatic rings. The van der Waals surface area contributed by atoms with Crippen LogP contribution in [0.2, 0.25) is 0 Å². The zero-order chi connectivity index (χ0) is 20.2. The molecule has 2 aromatic carbocycles. The van der Waals surface area contributed by atoms with Crippen molar-refractivity contribution in [2.75, 3.05) is 26.0 Å². The Kier molecular flexibility index (Phi) is 6.47. The third-order valence-corrected chi connectivity index (χ3v) is 5.50. The molecule has 10 heteroatoms. The van der Waals surface area contributed by atoms with E-state index in [1.165, 1.54) is 44.4 Å². The van der Waals surface area contributed by atoms with Gasteiger partial charge in [-0.2, -0.15) is 0 Å². The van der Waals surface area contributed by atoms with Gasteiger partial charge in [-0.1, -0.05) is 6.07 Å². The second kappa shape index (κ2) is 8.42. The molecule has 2 amide bonds. The number of hydrogen-bond donors (Lipinski definition) is 3. The quantitative estimate of drug-likeness (QED) is 0.693. The maximum atomic E-state index is 13.2. The van der Waals surface area contributed by atoms with E-state index >= 15 is 0 Å². The number of amides is 2. The van der Waals surface area contributed by atoms with Crippen LogP contribution in [0.25, 0.3) is 0 Å². The summed E-state index contributed by atoms with van der Waals surface area (Å²) in [4.78, 5) is 11.9. The van der Waals surface area contributed by atoms with Gasteiger partial charge in [0.25, 0.3) is 0 Å². The van der Waals surface area contributed by atoms with Gasteiger partial charge in [0.1, 0.15) is 0 Å². The largest absolute Gasteiger partial charge is 0.387 e. The van der Waals surface area contributed by atoms with Gasteiger partial charge in [-0.25, -0.2) is 26.3 Å². The van der Waals surface area contributed by atoms with Crippen molar-refractivity contribution in [1.82, 2.24) is 9.62 Å². The number of urea groups is 1. The van der Waals surface area contributed by atoms with E-state index in [4.69, 9.17) is 0 Å². The van der Waals surface area contributed by atoms with Crippen LogP contribution in [-0.4, -0.2) is 44.5 Å². The molecule has 1 atom stereocenters. The summed E-state index contributed by atoms with van der Waals surface area (Å²) in [5.41, 5.74) is 0.458. The first kappa shape index (κ1) is 20.7. The van der Waals surface area contributed by atoms with E-state index in [9.17, 15) is 27.1 Å². The summed E-state index contributed by atoms with van der Waals surface area (Å²) in [5.74, 6) is -2.12. The SMILES string of the molecule is CN(C)S(=O)(=O)c1ccc(NC(=O)NC[C@@H](O)c2ccc(F)c(F)c2)cc1. The first-order chi connectivity index (χ1) is 12.6. The van der Waals surface area contributed by atoms with Gasteiger partial charge in [-0.3, -0.25) is 0 Å². The topological polar surface area (TPSA) is 98.7 Å². The summed E-state index contributed by atoms with van der Waals surface area (Å²) < 4.78 is 51.1. The summed E-state index contributed by atoms with van der Waals surface area (Å²) >= 11 is 0. The molecular weight excluding hydrogens is 380 g/mol. The molecule has 2 rings (SSSR count). The second-order valence-corrected chi connectivity index (χ2v) is 7.99. The van der Waals surface area contributed by atoms with E-state index in [0.717, 1.165) is 16.4 Å². The molecule has 0 unspecified atom stereocenters. The van der Waals surface area contributed by atoms with Gasteiger partial charge in [-0.15, -0.1) is 0 Å². The molecule has 0 heterocycles. The highest BCUT2D eigenvalue weighted by Crippen LogP contribution is 2.17. The standard InChI is InChI=1S/C17H19F2N3O4S/c1-22(2)27(25,26)13-6-4-12(5-7-13)21-17(24)20-10-16(23)11-3-8-14(18)15(19)9-11/h3-9,16,23H,10H2,1-2H3,(H2,20,21,24)/t16-/m1/s1. The number of anilines is 1. The fourth-order valence-corrected chi connectivity index (χ4v) is 3.02. The second-order valence-electron chi connectivity index (χ2n) is 5.84. The van der Waals surface area contributed by atoms with Gasteiger partial charge in [0.05, 0.1) is 11.0 Å². The predicted octanol–water partition coefficient (Wildman–Crippen LogP) is 2.07. The minimum absolute atomic E-state index is 0.0761. The number of benzene rings is 2. The van der Waals surface area contributed by atoms with Crippen LogP contribution >= 0.6 is 0 Å². The lowest BCUT2D eigenvalue weighted by Crippen LogP contribution is -2.32. The summed E-state index contributed by atoms with van der Waals surface area (Å²) in [5, 5.41) is 14.8. The smallest absolute Gasteiger partial charge is 0.319 e. The normalized spacial score (nSPS) is 12.7. The molecule has 2 aromatic rings. The third kappa shape index (κ3) is 5.22. The Balaban J connectivity index is 1.93. The number of rotatable bonds is 6. The zero-order valence-electron chi connectivity index (χ0n) is 14.6. The van der Waals surface area contributed by atoms with Gasteiger partial charge in [0.15, 0.2) is 11.6 Å².